The van der Waals surface area contributed by atoms with E-state index in [1.807, 2.05) is 0 Å². The lowest BCUT2D eigenvalue weighted by molar-refractivity contribution is -0.141. The van der Waals surface area contributed by atoms with E-state index in [1.165, 1.54) is 24.2 Å². The first-order chi connectivity index (χ1) is 9.08. The molecule has 0 aromatic heterocycles. The van der Waals surface area contributed by atoms with E-state index in [9.17, 15) is 14.7 Å². The molecule has 2 unspecified atom stereocenters. The van der Waals surface area contributed by atoms with Crippen molar-refractivity contribution in [3.05, 3.63) is 0 Å². The fourth-order valence-corrected chi connectivity index (χ4v) is 3.00. The number of hydrogen-bond acceptors (Lipinski definition) is 3. The molecular formula is C13H22N2O4. The lowest BCUT2D eigenvalue weighted by Crippen LogP contribution is -2.47. The number of hydrogen-bond donors (Lipinski definition) is 3. The van der Waals surface area contributed by atoms with Crippen molar-refractivity contribution in [2.24, 2.45) is 5.92 Å². The van der Waals surface area contributed by atoms with Gasteiger partial charge in [0.25, 0.3) is 0 Å². The zero-order valence-corrected chi connectivity index (χ0v) is 11.0. The Labute approximate surface area is 112 Å². The molecule has 3 N–H and O–H groups in total. The van der Waals surface area contributed by atoms with Crippen LogP contribution in [0.4, 0.5) is 4.79 Å². The second-order valence-electron chi connectivity index (χ2n) is 5.59. The van der Waals surface area contributed by atoms with Crippen LogP contribution in [0.25, 0.3) is 0 Å². The van der Waals surface area contributed by atoms with Gasteiger partial charge in [-0.1, -0.05) is 19.3 Å². The van der Waals surface area contributed by atoms with E-state index in [2.05, 4.69) is 5.32 Å². The highest BCUT2D eigenvalue weighted by Crippen LogP contribution is 2.23. The van der Waals surface area contributed by atoms with Crippen molar-refractivity contribution in [1.82, 2.24) is 10.2 Å². The Balaban J connectivity index is 1.82. The number of rotatable bonds is 3. The van der Waals surface area contributed by atoms with Crippen LogP contribution in [0.5, 0.6) is 0 Å². The SMILES string of the molecule is O=C(O)C1CC(O)CN1C(=O)NCC1CCCCC1. The summed E-state index contributed by atoms with van der Waals surface area (Å²) >= 11 is 0. The van der Waals surface area contributed by atoms with E-state index in [0.29, 0.717) is 12.5 Å². The molecule has 1 aliphatic carbocycles. The number of urea groups is 1. The molecule has 1 aliphatic heterocycles. The first kappa shape index (κ1) is 14.1. The van der Waals surface area contributed by atoms with Crippen LogP contribution in [0.2, 0.25) is 0 Å². The monoisotopic (exact) mass is 270 g/mol. The molecule has 1 heterocycles. The van der Waals surface area contributed by atoms with Crippen LogP contribution in [-0.4, -0.2) is 52.3 Å². The second-order valence-corrected chi connectivity index (χ2v) is 5.59. The van der Waals surface area contributed by atoms with E-state index in [-0.39, 0.29) is 19.0 Å². The molecule has 108 valence electrons. The number of carboxylic acids is 1. The summed E-state index contributed by atoms with van der Waals surface area (Å²) in [6, 6.07) is -1.27. The normalized spacial score (nSPS) is 28.4. The molecule has 0 bridgehead atoms. The van der Waals surface area contributed by atoms with Gasteiger partial charge in [0.15, 0.2) is 0 Å². The van der Waals surface area contributed by atoms with Gasteiger partial charge in [0.05, 0.1) is 6.10 Å². The maximum atomic E-state index is 12.0. The minimum atomic E-state index is -1.05. The number of amides is 2. The lowest BCUT2D eigenvalue weighted by Gasteiger charge is -2.25. The van der Waals surface area contributed by atoms with E-state index in [4.69, 9.17) is 5.11 Å². The van der Waals surface area contributed by atoms with Crippen LogP contribution in [0.3, 0.4) is 0 Å². The molecule has 6 nitrogen and oxygen atoms in total. The predicted octanol–water partition coefficient (Wildman–Crippen LogP) is 0.796. The standard InChI is InChI=1S/C13H22N2O4/c16-10-6-11(12(17)18)15(8-10)13(19)14-7-9-4-2-1-3-5-9/h9-11,16H,1-8H2,(H,14,19)(H,17,18). The number of aliphatic carboxylic acids is 1. The molecule has 0 radical (unpaired) electrons. The second kappa shape index (κ2) is 6.23. The van der Waals surface area contributed by atoms with Crippen LogP contribution in [-0.2, 0) is 4.79 Å². The summed E-state index contributed by atoms with van der Waals surface area (Å²) in [6.45, 7) is 0.714. The minimum absolute atomic E-state index is 0.105. The van der Waals surface area contributed by atoms with Gasteiger partial charge in [0, 0.05) is 19.5 Å². The summed E-state index contributed by atoms with van der Waals surface area (Å²) in [6.07, 6.45) is 5.33. The Bertz CT molecular complexity index is 342. The summed E-state index contributed by atoms with van der Waals surface area (Å²) < 4.78 is 0. The molecular weight excluding hydrogens is 248 g/mol. The number of β-amino-alcohol motifs (C(OH)–C–C–N with tert-alkyl or cyclic N) is 1. The number of carbonyl (C=O) groups excluding carboxylic acids is 1. The van der Waals surface area contributed by atoms with Crippen molar-refractivity contribution in [2.75, 3.05) is 13.1 Å². The fraction of sp³-hybridized carbons (Fsp3) is 0.846. The van der Waals surface area contributed by atoms with Gasteiger partial charge in [-0.3, -0.25) is 0 Å². The number of likely N-dealkylation sites (tertiary alicyclic amines) is 1. The third-order valence-electron chi connectivity index (χ3n) is 4.09. The highest BCUT2D eigenvalue weighted by molar-refractivity contribution is 5.83. The average Bonchev–Trinajstić information content (AvgIpc) is 2.79. The van der Waals surface area contributed by atoms with Crippen molar-refractivity contribution in [3.8, 4) is 0 Å². The van der Waals surface area contributed by atoms with Crippen LogP contribution in [0.1, 0.15) is 38.5 Å². The number of nitrogens with zero attached hydrogens (tertiary/aromatic N) is 1. The van der Waals surface area contributed by atoms with Crippen LogP contribution in [0.15, 0.2) is 0 Å². The first-order valence-corrected chi connectivity index (χ1v) is 7.03. The zero-order chi connectivity index (χ0) is 13.8. The van der Waals surface area contributed by atoms with Gasteiger partial charge in [-0.2, -0.15) is 0 Å². The quantitative estimate of drug-likeness (QED) is 0.707. The maximum absolute atomic E-state index is 12.0. The summed E-state index contributed by atoms with van der Waals surface area (Å²) in [4.78, 5) is 24.3. The number of aliphatic hydroxyl groups is 1. The first-order valence-electron chi connectivity index (χ1n) is 7.03. The Morgan fingerprint density at radius 1 is 1.21 bits per heavy atom. The molecule has 2 aliphatic rings. The highest BCUT2D eigenvalue weighted by Gasteiger charge is 2.38. The molecule has 2 rings (SSSR count). The molecule has 2 fully saturated rings. The molecule has 2 amide bonds. The Hall–Kier alpha value is -1.30. The molecule has 2 atom stereocenters. The molecule has 6 heteroatoms. The third-order valence-corrected chi connectivity index (χ3v) is 4.09. The van der Waals surface area contributed by atoms with Crippen LogP contribution >= 0.6 is 0 Å². The topological polar surface area (TPSA) is 89.9 Å². The Morgan fingerprint density at radius 2 is 1.89 bits per heavy atom. The van der Waals surface area contributed by atoms with E-state index in [0.717, 1.165) is 12.8 Å². The van der Waals surface area contributed by atoms with Gasteiger partial charge in [-0.25, -0.2) is 9.59 Å². The van der Waals surface area contributed by atoms with Gasteiger partial charge in [-0.05, 0) is 18.8 Å². The van der Waals surface area contributed by atoms with Crippen LogP contribution in [0, 0.1) is 5.92 Å². The summed E-state index contributed by atoms with van der Waals surface area (Å²) in [5.74, 6) is -0.544. The van der Waals surface area contributed by atoms with E-state index in [1.54, 1.807) is 0 Å². The van der Waals surface area contributed by atoms with Crippen molar-refractivity contribution in [3.63, 3.8) is 0 Å². The number of nitrogens with one attached hydrogen (secondary N) is 1. The van der Waals surface area contributed by atoms with Gasteiger partial charge >= 0.3 is 12.0 Å². The van der Waals surface area contributed by atoms with Gasteiger partial charge < -0.3 is 20.4 Å². The van der Waals surface area contributed by atoms with E-state index >= 15 is 0 Å². The molecule has 0 spiro atoms. The van der Waals surface area contributed by atoms with E-state index < -0.39 is 18.1 Å². The van der Waals surface area contributed by atoms with Gasteiger partial charge in [-0.15, -0.1) is 0 Å². The van der Waals surface area contributed by atoms with Crippen LogP contribution < -0.4 is 5.32 Å². The highest BCUT2D eigenvalue weighted by atomic mass is 16.4. The van der Waals surface area contributed by atoms with Gasteiger partial charge in [0.2, 0.25) is 0 Å². The molecule has 0 aromatic carbocycles. The van der Waals surface area contributed by atoms with Crippen molar-refractivity contribution >= 4 is 12.0 Å². The molecule has 1 saturated carbocycles. The van der Waals surface area contributed by atoms with Gasteiger partial charge in [0.1, 0.15) is 6.04 Å². The Kier molecular flexibility index (Phi) is 4.63. The summed E-state index contributed by atoms with van der Waals surface area (Å²) in [7, 11) is 0. The van der Waals surface area contributed by atoms with Crippen molar-refractivity contribution in [1.29, 1.82) is 0 Å². The van der Waals surface area contributed by atoms with Crippen molar-refractivity contribution < 1.29 is 19.8 Å². The number of aliphatic hydroxyl groups excluding tert-OH is 1. The number of carbonyl (C=O) groups is 2. The predicted molar refractivity (Wildman–Crippen MR) is 68.7 cm³/mol. The van der Waals surface area contributed by atoms with Crippen molar-refractivity contribution in [2.45, 2.75) is 50.7 Å². The zero-order valence-electron chi connectivity index (χ0n) is 11.0. The maximum Gasteiger partial charge on any atom is 0.326 e. The lowest BCUT2D eigenvalue weighted by atomic mass is 9.89. The smallest absolute Gasteiger partial charge is 0.326 e. The summed E-state index contributed by atoms with van der Waals surface area (Å²) in [5, 5.41) is 21.3. The molecule has 19 heavy (non-hydrogen) atoms. The average molecular weight is 270 g/mol. The Morgan fingerprint density at radius 3 is 2.53 bits per heavy atom. The summed E-state index contributed by atoms with van der Waals surface area (Å²) in [5.41, 5.74) is 0. The molecule has 1 saturated heterocycles. The third kappa shape index (κ3) is 3.59. The fourth-order valence-electron chi connectivity index (χ4n) is 3.00. The number of carboxylic acid groups (broad SMARTS) is 1. The largest absolute Gasteiger partial charge is 0.480 e. The molecule has 0 aromatic rings. The minimum Gasteiger partial charge on any atom is -0.480 e.